The molecule has 0 N–H and O–H groups in total. The fourth-order valence-electron chi connectivity index (χ4n) is 2.19. The molecule has 0 heterocycles. The van der Waals surface area contributed by atoms with Gasteiger partial charge < -0.3 is 9.47 Å². The minimum Gasteiger partial charge on any atom is -0.493 e. The quantitative estimate of drug-likeness (QED) is 0.589. The first kappa shape index (κ1) is 17.3. The zero-order valence-electron chi connectivity index (χ0n) is 13.9. The number of hydrogen-bond acceptors (Lipinski definition) is 4. The molecule has 0 fully saturated rings. The molecule has 0 amide bonds. The average Bonchev–Trinajstić information content (AvgIpc) is 2.60. The van der Waals surface area contributed by atoms with Crippen molar-refractivity contribution in [3.63, 3.8) is 0 Å². The van der Waals surface area contributed by atoms with Crippen LogP contribution in [0.1, 0.15) is 35.3 Å². The van der Waals surface area contributed by atoms with E-state index in [4.69, 9.17) is 14.7 Å². The van der Waals surface area contributed by atoms with E-state index in [9.17, 15) is 4.79 Å². The molecule has 0 aliphatic heterocycles. The van der Waals surface area contributed by atoms with Crippen molar-refractivity contribution in [2.45, 2.75) is 20.0 Å². The summed E-state index contributed by atoms with van der Waals surface area (Å²) in [6.07, 6.45) is 3.15. The fourth-order valence-corrected chi connectivity index (χ4v) is 2.19. The summed E-state index contributed by atoms with van der Waals surface area (Å²) in [5.41, 5.74) is 1.69. The van der Waals surface area contributed by atoms with Gasteiger partial charge in [0.15, 0.2) is 17.3 Å². The first-order valence-electron chi connectivity index (χ1n) is 7.61. The van der Waals surface area contributed by atoms with Crippen LogP contribution in [0.4, 0.5) is 0 Å². The molecule has 0 saturated carbocycles. The number of rotatable bonds is 6. The second-order valence-electron chi connectivity index (χ2n) is 5.44. The van der Waals surface area contributed by atoms with Gasteiger partial charge in [0, 0.05) is 11.1 Å². The third kappa shape index (κ3) is 4.23. The number of nitriles is 1. The maximum absolute atomic E-state index is 12.3. The lowest BCUT2D eigenvalue weighted by Gasteiger charge is -2.15. The zero-order valence-corrected chi connectivity index (χ0v) is 13.9. The lowest BCUT2D eigenvalue weighted by Crippen LogP contribution is -2.08. The molecule has 0 bridgehead atoms. The number of methoxy groups -OCH3 is 1. The highest BCUT2D eigenvalue weighted by atomic mass is 16.5. The molecule has 4 heteroatoms. The Bertz CT molecular complexity index is 801. The molecular weight excluding hydrogens is 302 g/mol. The number of para-hydroxylation sites is 1. The molecular formula is C20H19NO3. The predicted molar refractivity (Wildman–Crippen MR) is 93.3 cm³/mol. The second kappa shape index (κ2) is 7.98. The zero-order chi connectivity index (χ0) is 17.5. The van der Waals surface area contributed by atoms with E-state index in [0.29, 0.717) is 22.6 Å². The van der Waals surface area contributed by atoms with E-state index >= 15 is 0 Å². The maximum Gasteiger partial charge on any atom is 0.185 e. The van der Waals surface area contributed by atoms with Gasteiger partial charge in [0.2, 0.25) is 0 Å². The average molecular weight is 321 g/mol. The Hall–Kier alpha value is -3.06. The molecule has 4 nitrogen and oxygen atoms in total. The van der Waals surface area contributed by atoms with Gasteiger partial charge in [-0.2, -0.15) is 5.26 Å². The Morgan fingerprint density at radius 3 is 2.62 bits per heavy atom. The van der Waals surface area contributed by atoms with Gasteiger partial charge in [0.25, 0.3) is 0 Å². The summed E-state index contributed by atoms with van der Waals surface area (Å²) in [6, 6.07) is 14.2. The van der Waals surface area contributed by atoms with Crippen LogP contribution in [0.25, 0.3) is 6.08 Å². The first-order valence-corrected chi connectivity index (χ1v) is 7.61. The largest absolute Gasteiger partial charge is 0.493 e. The van der Waals surface area contributed by atoms with Gasteiger partial charge in [-0.3, -0.25) is 4.79 Å². The summed E-state index contributed by atoms with van der Waals surface area (Å²) in [5, 5.41) is 8.92. The van der Waals surface area contributed by atoms with Gasteiger partial charge >= 0.3 is 0 Å². The second-order valence-corrected chi connectivity index (χ2v) is 5.44. The number of nitrogens with zero attached hydrogens (tertiary/aromatic N) is 1. The van der Waals surface area contributed by atoms with Crippen LogP contribution in [0.2, 0.25) is 0 Å². The number of benzene rings is 2. The lowest BCUT2D eigenvalue weighted by atomic mass is 10.1. The number of carbonyl (C=O) groups excluding carboxylic acids is 1. The van der Waals surface area contributed by atoms with E-state index in [2.05, 4.69) is 0 Å². The van der Waals surface area contributed by atoms with Gasteiger partial charge in [-0.25, -0.2) is 0 Å². The standard InChI is InChI=1S/C20H19NO3/c1-14(2)24-20-16(7-5-9-19(20)23-3)10-11-18(22)17-8-4-6-15(12-17)13-21/h4-12,14H,1-3H3/b11-10+. The summed E-state index contributed by atoms with van der Waals surface area (Å²) < 4.78 is 11.1. The monoisotopic (exact) mass is 321 g/mol. The smallest absolute Gasteiger partial charge is 0.185 e. The number of allylic oxidation sites excluding steroid dienone is 1. The lowest BCUT2D eigenvalue weighted by molar-refractivity contribution is 0.104. The number of ether oxygens (including phenoxy) is 2. The maximum atomic E-state index is 12.3. The highest BCUT2D eigenvalue weighted by Gasteiger charge is 2.11. The summed E-state index contributed by atoms with van der Waals surface area (Å²) >= 11 is 0. The molecule has 0 spiro atoms. The van der Waals surface area contributed by atoms with Crippen molar-refractivity contribution in [2.24, 2.45) is 0 Å². The fraction of sp³-hybridized carbons (Fsp3) is 0.200. The summed E-state index contributed by atoms with van der Waals surface area (Å²) in [7, 11) is 1.58. The molecule has 0 aliphatic carbocycles. The first-order chi connectivity index (χ1) is 11.5. The van der Waals surface area contributed by atoms with Crippen LogP contribution in [-0.2, 0) is 0 Å². The van der Waals surface area contributed by atoms with Crippen LogP contribution in [-0.4, -0.2) is 19.0 Å². The van der Waals surface area contributed by atoms with Crippen LogP contribution in [0, 0.1) is 11.3 Å². The Morgan fingerprint density at radius 1 is 1.21 bits per heavy atom. The minimum atomic E-state index is -0.176. The summed E-state index contributed by atoms with van der Waals surface area (Å²) in [4.78, 5) is 12.3. The van der Waals surface area contributed by atoms with Crippen molar-refractivity contribution in [1.29, 1.82) is 5.26 Å². The normalized spacial score (nSPS) is 10.6. The van der Waals surface area contributed by atoms with E-state index in [0.717, 1.165) is 5.56 Å². The van der Waals surface area contributed by atoms with Crippen molar-refractivity contribution in [3.05, 3.63) is 65.2 Å². The number of hydrogen-bond donors (Lipinski definition) is 0. The molecule has 2 aromatic carbocycles. The SMILES string of the molecule is COc1cccc(/C=C/C(=O)c2cccc(C#N)c2)c1OC(C)C. The van der Waals surface area contributed by atoms with Gasteiger partial charge in [-0.15, -0.1) is 0 Å². The van der Waals surface area contributed by atoms with Crippen molar-refractivity contribution >= 4 is 11.9 Å². The Morgan fingerprint density at radius 2 is 1.96 bits per heavy atom. The van der Waals surface area contributed by atoms with E-state index in [1.807, 2.05) is 38.1 Å². The van der Waals surface area contributed by atoms with E-state index < -0.39 is 0 Å². The molecule has 0 saturated heterocycles. The van der Waals surface area contributed by atoms with E-state index in [1.165, 1.54) is 6.08 Å². The third-order valence-corrected chi connectivity index (χ3v) is 3.27. The van der Waals surface area contributed by atoms with E-state index in [-0.39, 0.29) is 11.9 Å². The Balaban J connectivity index is 2.31. The van der Waals surface area contributed by atoms with E-state index in [1.54, 1.807) is 37.5 Å². The van der Waals surface area contributed by atoms with Crippen LogP contribution in [0.5, 0.6) is 11.5 Å². The Labute approximate surface area is 141 Å². The van der Waals surface area contributed by atoms with Crippen molar-refractivity contribution in [3.8, 4) is 17.6 Å². The third-order valence-electron chi connectivity index (χ3n) is 3.27. The van der Waals surface area contributed by atoms with Gasteiger partial charge in [-0.05, 0) is 44.2 Å². The number of ketones is 1. The predicted octanol–water partition coefficient (Wildman–Crippen LogP) is 4.25. The van der Waals surface area contributed by atoms with Crippen molar-refractivity contribution in [1.82, 2.24) is 0 Å². The Kier molecular flexibility index (Phi) is 5.75. The summed E-state index contributed by atoms with van der Waals surface area (Å²) in [5.74, 6) is 1.04. The molecule has 2 aromatic rings. The van der Waals surface area contributed by atoms with Crippen LogP contribution in [0.15, 0.2) is 48.5 Å². The topological polar surface area (TPSA) is 59.3 Å². The van der Waals surface area contributed by atoms with Gasteiger partial charge in [0.1, 0.15) is 0 Å². The van der Waals surface area contributed by atoms with Crippen molar-refractivity contribution < 1.29 is 14.3 Å². The van der Waals surface area contributed by atoms with Crippen LogP contribution < -0.4 is 9.47 Å². The molecule has 122 valence electrons. The molecule has 0 aliphatic rings. The minimum absolute atomic E-state index is 0.0172. The van der Waals surface area contributed by atoms with Gasteiger partial charge in [-0.1, -0.05) is 24.3 Å². The molecule has 0 aromatic heterocycles. The van der Waals surface area contributed by atoms with Crippen LogP contribution in [0.3, 0.4) is 0 Å². The highest BCUT2D eigenvalue weighted by molar-refractivity contribution is 6.07. The molecule has 0 radical (unpaired) electrons. The molecule has 0 atom stereocenters. The number of carbonyl (C=O) groups is 1. The van der Waals surface area contributed by atoms with Gasteiger partial charge in [0.05, 0.1) is 24.8 Å². The van der Waals surface area contributed by atoms with Crippen molar-refractivity contribution in [2.75, 3.05) is 7.11 Å². The molecule has 0 unspecified atom stereocenters. The molecule has 24 heavy (non-hydrogen) atoms. The summed E-state index contributed by atoms with van der Waals surface area (Å²) in [6.45, 7) is 3.86. The van der Waals surface area contributed by atoms with Crippen LogP contribution >= 0.6 is 0 Å². The highest BCUT2D eigenvalue weighted by Crippen LogP contribution is 2.32. The molecule has 2 rings (SSSR count).